The van der Waals surface area contributed by atoms with Crippen molar-refractivity contribution >= 4 is 34.1 Å². The Hall–Kier alpha value is -3.81. The van der Waals surface area contributed by atoms with Crippen LogP contribution in [0.5, 0.6) is 0 Å². The van der Waals surface area contributed by atoms with Crippen LogP contribution in [-0.4, -0.2) is 28.3 Å². The molecular formula is C19H16N4O4. The molecule has 8 heteroatoms. The van der Waals surface area contributed by atoms with Gasteiger partial charge in [-0.2, -0.15) is 0 Å². The molecule has 0 aliphatic heterocycles. The lowest BCUT2D eigenvalue weighted by Gasteiger charge is -2.09. The first-order valence-electron chi connectivity index (χ1n) is 8.12. The molecule has 1 heterocycles. The lowest BCUT2D eigenvalue weighted by molar-refractivity contribution is -0.385. The summed E-state index contributed by atoms with van der Waals surface area (Å²) in [4.78, 5) is 38.9. The van der Waals surface area contributed by atoms with Crippen molar-refractivity contribution in [3.05, 3.63) is 76.0 Å². The molecule has 0 spiro atoms. The van der Waals surface area contributed by atoms with Crippen molar-refractivity contribution in [3.63, 3.8) is 0 Å². The average molecular weight is 364 g/mol. The second-order valence-electron chi connectivity index (χ2n) is 5.87. The molecule has 0 aliphatic rings. The molecule has 0 fully saturated rings. The predicted molar refractivity (Wildman–Crippen MR) is 101 cm³/mol. The van der Waals surface area contributed by atoms with Gasteiger partial charge in [0.2, 0.25) is 5.91 Å². The van der Waals surface area contributed by atoms with Gasteiger partial charge in [-0.15, -0.1) is 0 Å². The van der Waals surface area contributed by atoms with Gasteiger partial charge in [0.1, 0.15) is 0 Å². The van der Waals surface area contributed by atoms with E-state index in [9.17, 15) is 19.7 Å². The predicted octanol–water partition coefficient (Wildman–Crippen LogP) is 2.82. The van der Waals surface area contributed by atoms with Gasteiger partial charge in [0.15, 0.2) is 0 Å². The SMILES string of the molecule is Cc1cc(C(=O)NCC(=O)Nc2cccc3cccnc23)ccc1[N+](=O)[O-]. The Kier molecular flexibility index (Phi) is 5.07. The van der Waals surface area contributed by atoms with Crippen LogP contribution in [0.3, 0.4) is 0 Å². The fraction of sp³-hybridized carbons (Fsp3) is 0.105. The third kappa shape index (κ3) is 4.06. The number of carbonyl (C=O) groups is 2. The summed E-state index contributed by atoms with van der Waals surface area (Å²) >= 11 is 0. The highest BCUT2D eigenvalue weighted by Crippen LogP contribution is 2.20. The van der Waals surface area contributed by atoms with Crippen LogP contribution >= 0.6 is 0 Å². The number of hydrogen-bond acceptors (Lipinski definition) is 5. The maximum atomic E-state index is 12.2. The van der Waals surface area contributed by atoms with Crippen molar-refractivity contribution in [1.29, 1.82) is 0 Å². The first-order valence-corrected chi connectivity index (χ1v) is 8.12. The van der Waals surface area contributed by atoms with E-state index in [0.717, 1.165) is 5.39 Å². The molecule has 0 saturated heterocycles. The van der Waals surface area contributed by atoms with Crippen LogP contribution in [0.1, 0.15) is 15.9 Å². The number of aryl methyl sites for hydroxylation is 1. The lowest BCUT2D eigenvalue weighted by atomic mass is 10.1. The monoisotopic (exact) mass is 364 g/mol. The van der Waals surface area contributed by atoms with E-state index in [-0.39, 0.29) is 17.8 Å². The van der Waals surface area contributed by atoms with Crippen molar-refractivity contribution in [1.82, 2.24) is 10.3 Å². The van der Waals surface area contributed by atoms with Gasteiger partial charge in [-0.25, -0.2) is 0 Å². The molecule has 8 nitrogen and oxygen atoms in total. The number of anilines is 1. The molecule has 0 bridgehead atoms. The van der Waals surface area contributed by atoms with Gasteiger partial charge >= 0.3 is 0 Å². The average Bonchev–Trinajstić information content (AvgIpc) is 2.66. The minimum atomic E-state index is -0.511. The summed E-state index contributed by atoms with van der Waals surface area (Å²) in [5.74, 6) is -0.890. The Balaban J connectivity index is 1.64. The molecule has 0 aliphatic carbocycles. The molecule has 3 rings (SSSR count). The first kappa shape index (κ1) is 18.0. The van der Waals surface area contributed by atoms with E-state index < -0.39 is 16.7 Å². The summed E-state index contributed by atoms with van der Waals surface area (Å²) < 4.78 is 0. The summed E-state index contributed by atoms with van der Waals surface area (Å²) in [6, 6.07) is 13.2. The highest BCUT2D eigenvalue weighted by Gasteiger charge is 2.14. The van der Waals surface area contributed by atoms with Gasteiger partial charge in [-0.3, -0.25) is 24.7 Å². The molecule has 136 valence electrons. The Labute approximate surface area is 154 Å². The van der Waals surface area contributed by atoms with Gasteiger partial charge < -0.3 is 10.6 Å². The Bertz CT molecular complexity index is 1040. The third-order valence-corrected chi connectivity index (χ3v) is 3.97. The molecular weight excluding hydrogens is 348 g/mol. The van der Waals surface area contributed by atoms with Crippen LogP contribution in [0.25, 0.3) is 10.9 Å². The molecule has 27 heavy (non-hydrogen) atoms. The zero-order valence-corrected chi connectivity index (χ0v) is 14.4. The number of rotatable bonds is 5. The second-order valence-corrected chi connectivity index (χ2v) is 5.87. The van der Waals surface area contributed by atoms with Crippen LogP contribution in [0.15, 0.2) is 54.7 Å². The zero-order chi connectivity index (χ0) is 19.4. The lowest BCUT2D eigenvalue weighted by Crippen LogP contribution is -2.33. The van der Waals surface area contributed by atoms with Crippen molar-refractivity contribution in [2.45, 2.75) is 6.92 Å². The Morgan fingerprint density at radius 3 is 2.67 bits per heavy atom. The molecule has 0 radical (unpaired) electrons. The summed E-state index contributed by atoms with van der Waals surface area (Å²) in [5.41, 5.74) is 1.77. The number of nitro groups is 1. The van der Waals surface area contributed by atoms with Crippen molar-refractivity contribution in [2.24, 2.45) is 0 Å². The Morgan fingerprint density at radius 2 is 1.93 bits per heavy atom. The number of amides is 2. The van der Waals surface area contributed by atoms with E-state index >= 15 is 0 Å². The fourth-order valence-electron chi connectivity index (χ4n) is 2.66. The van der Waals surface area contributed by atoms with E-state index in [1.54, 1.807) is 31.3 Å². The second kappa shape index (κ2) is 7.61. The number of aromatic nitrogens is 1. The maximum absolute atomic E-state index is 12.2. The number of hydrogen-bond donors (Lipinski definition) is 2. The first-order chi connectivity index (χ1) is 13.0. The summed E-state index contributed by atoms with van der Waals surface area (Å²) in [6.07, 6.45) is 1.64. The van der Waals surface area contributed by atoms with Crippen molar-refractivity contribution < 1.29 is 14.5 Å². The molecule has 2 amide bonds. The molecule has 2 aromatic carbocycles. The minimum absolute atomic E-state index is 0.0623. The number of pyridine rings is 1. The van der Waals surface area contributed by atoms with Crippen LogP contribution in [0, 0.1) is 17.0 Å². The summed E-state index contributed by atoms with van der Waals surface area (Å²) in [5, 5.41) is 16.9. The van der Waals surface area contributed by atoms with E-state index in [1.807, 2.05) is 12.1 Å². The highest BCUT2D eigenvalue weighted by molar-refractivity contribution is 6.03. The highest BCUT2D eigenvalue weighted by atomic mass is 16.6. The van der Waals surface area contributed by atoms with Crippen LogP contribution in [0.4, 0.5) is 11.4 Å². The smallest absolute Gasteiger partial charge is 0.272 e. The Morgan fingerprint density at radius 1 is 1.15 bits per heavy atom. The van der Waals surface area contributed by atoms with Gasteiger partial charge in [0, 0.05) is 28.8 Å². The standard InChI is InChI=1S/C19H16N4O4/c1-12-10-14(7-8-16(12)23(26)27)19(25)21-11-17(24)22-15-6-2-4-13-5-3-9-20-18(13)15/h2-10H,11H2,1H3,(H,21,25)(H,22,24). The molecule has 3 aromatic rings. The molecule has 2 N–H and O–H groups in total. The van der Waals surface area contributed by atoms with Crippen molar-refractivity contribution in [2.75, 3.05) is 11.9 Å². The van der Waals surface area contributed by atoms with Crippen LogP contribution in [-0.2, 0) is 4.79 Å². The van der Waals surface area contributed by atoms with E-state index in [2.05, 4.69) is 15.6 Å². The summed E-state index contributed by atoms with van der Waals surface area (Å²) in [7, 11) is 0. The molecule has 1 aromatic heterocycles. The zero-order valence-electron chi connectivity index (χ0n) is 14.4. The van der Waals surface area contributed by atoms with E-state index in [1.165, 1.54) is 18.2 Å². The van der Waals surface area contributed by atoms with E-state index in [0.29, 0.717) is 16.8 Å². The van der Waals surface area contributed by atoms with E-state index in [4.69, 9.17) is 0 Å². The van der Waals surface area contributed by atoms with Gasteiger partial charge in [-0.05, 0) is 31.2 Å². The number of nitrogens with zero attached hydrogens (tertiary/aromatic N) is 2. The topological polar surface area (TPSA) is 114 Å². The third-order valence-electron chi connectivity index (χ3n) is 3.97. The molecule has 0 unspecified atom stereocenters. The molecule has 0 saturated carbocycles. The normalized spacial score (nSPS) is 10.4. The number of benzene rings is 2. The summed E-state index contributed by atoms with van der Waals surface area (Å²) in [6.45, 7) is 1.31. The molecule has 0 atom stereocenters. The number of fused-ring (bicyclic) bond motifs is 1. The number of nitro benzene ring substituents is 1. The van der Waals surface area contributed by atoms with Crippen LogP contribution in [0.2, 0.25) is 0 Å². The van der Waals surface area contributed by atoms with Gasteiger partial charge in [-0.1, -0.05) is 18.2 Å². The minimum Gasteiger partial charge on any atom is -0.343 e. The van der Waals surface area contributed by atoms with Gasteiger partial charge in [0.05, 0.1) is 22.7 Å². The quantitative estimate of drug-likeness (QED) is 0.534. The number of para-hydroxylation sites is 1. The number of carbonyl (C=O) groups excluding carboxylic acids is 2. The number of nitrogens with one attached hydrogen (secondary N) is 2. The fourth-order valence-corrected chi connectivity index (χ4v) is 2.66. The maximum Gasteiger partial charge on any atom is 0.272 e. The van der Waals surface area contributed by atoms with Crippen LogP contribution < -0.4 is 10.6 Å². The van der Waals surface area contributed by atoms with Gasteiger partial charge in [0.25, 0.3) is 11.6 Å². The van der Waals surface area contributed by atoms with Crippen molar-refractivity contribution in [3.8, 4) is 0 Å². The largest absolute Gasteiger partial charge is 0.343 e.